The fourth-order valence-electron chi connectivity index (χ4n) is 2.42. The Hall–Kier alpha value is -1.65. The average molecular weight is 330 g/mol. The zero-order chi connectivity index (χ0) is 13.9. The molecule has 0 saturated carbocycles. The molecule has 0 saturated heterocycles. The molecule has 3 rings (SSSR count). The molecule has 3 nitrogen and oxygen atoms in total. The first-order valence-electron chi connectivity index (χ1n) is 6.63. The number of nitrogens with zero attached hydrogens (tertiary/aromatic N) is 2. The van der Waals surface area contributed by atoms with E-state index >= 15 is 0 Å². The fourth-order valence-corrected chi connectivity index (χ4v) is 2.87. The van der Waals surface area contributed by atoms with Gasteiger partial charge in [-0.2, -0.15) is 0 Å². The Morgan fingerprint density at radius 1 is 1.10 bits per heavy atom. The van der Waals surface area contributed by atoms with Crippen LogP contribution in [0.3, 0.4) is 0 Å². The van der Waals surface area contributed by atoms with Crippen LogP contribution in [0, 0.1) is 0 Å². The van der Waals surface area contributed by atoms with E-state index in [4.69, 9.17) is 5.73 Å². The molecule has 1 heterocycles. The Morgan fingerprint density at radius 3 is 2.70 bits per heavy atom. The van der Waals surface area contributed by atoms with Crippen LogP contribution in [0.4, 0.5) is 0 Å². The minimum atomic E-state index is 0.0614. The van der Waals surface area contributed by atoms with E-state index in [9.17, 15) is 0 Å². The Labute approximate surface area is 126 Å². The van der Waals surface area contributed by atoms with Gasteiger partial charge < -0.3 is 10.3 Å². The van der Waals surface area contributed by atoms with E-state index in [0.29, 0.717) is 0 Å². The topological polar surface area (TPSA) is 43.8 Å². The molecule has 0 fully saturated rings. The van der Waals surface area contributed by atoms with Gasteiger partial charge in [0.1, 0.15) is 0 Å². The average Bonchev–Trinajstić information content (AvgIpc) is 2.85. The molecule has 1 unspecified atom stereocenters. The lowest BCUT2D eigenvalue weighted by molar-refractivity contribution is 0.558. The third-order valence-corrected chi connectivity index (χ3v) is 4.17. The summed E-state index contributed by atoms with van der Waals surface area (Å²) in [5.41, 5.74) is 9.68. The van der Waals surface area contributed by atoms with Crippen LogP contribution in [0.2, 0.25) is 0 Å². The molecular formula is C16H16BrN3. The van der Waals surface area contributed by atoms with Crippen LogP contribution in [-0.2, 0) is 13.0 Å². The van der Waals surface area contributed by atoms with Crippen LogP contribution in [0.25, 0.3) is 11.0 Å². The molecule has 0 radical (unpaired) electrons. The number of para-hydroxylation sites is 2. The second-order valence-corrected chi connectivity index (χ2v) is 5.80. The minimum Gasteiger partial charge on any atom is -0.329 e. The van der Waals surface area contributed by atoms with Crippen LogP contribution in [0.1, 0.15) is 5.56 Å². The largest absolute Gasteiger partial charge is 0.329 e. The van der Waals surface area contributed by atoms with Gasteiger partial charge in [0.05, 0.1) is 17.4 Å². The number of benzene rings is 2. The molecule has 2 aromatic carbocycles. The molecule has 0 spiro atoms. The SMILES string of the molecule is NC(Cc1ccccc1Br)Cn1cnc2ccccc21. The lowest BCUT2D eigenvalue weighted by Gasteiger charge is -2.14. The summed E-state index contributed by atoms with van der Waals surface area (Å²) in [6, 6.07) is 16.4. The van der Waals surface area contributed by atoms with Crippen molar-refractivity contribution in [3.05, 3.63) is 64.9 Å². The molecular weight excluding hydrogens is 314 g/mol. The van der Waals surface area contributed by atoms with Gasteiger partial charge in [-0.3, -0.25) is 0 Å². The molecule has 3 aromatic rings. The zero-order valence-corrected chi connectivity index (χ0v) is 12.6. The first kappa shape index (κ1) is 13.3. The smallest absolute Gasteiger partial charge is 0.0958 e. The van der Waals surface area contributed by atoms with Crippen molar-refractivity contribution < 1.29 is 0 Å². The van der Waals surface area contributed by atoms with Gasteiger partial charge in [-0.15, -0.1) is 0 Å². The van der Waals surface area contributed by atoms with E-state index in [1.54, 1.807) is 0 Å². The van der Waals surface area contributed by atoms with Crippen molar-refractivity contribution in [1.82, 2.24) is 9.55 Å². The lowest BCUT2D eigenvalue weighted by Crippen LogP contribution is -2.28. The highest BCUT2D eigenvalue weighted by Crippen LogP contribution is 2.18. The molecule has 0 aliphatic rings. The predicted octanol–water partition coefficient (Wildman–Crippen LogP) is 3.37. The van der Waals surface area contributed by atoms with Crippen molar-refractivity contribution in [3.63, 3.8) is 0 Å². The predicted molar refractivity (Wildman–Crippen MR) is 85.6 cm³/mol. The van der Waals surface area contributed by atoms with Gasteiger partial charge in [-0.05, 0) is 30.2 Å². The fraction of sp³-hybridized carbons (Fsp3) is 0.188. The van der Waals surface area contributed by atoms with Gasteiger partial charge in [-0.25, -0.2) is 4.98 Å². The Bertz CT molecular complexity index is 720. The van der Waals surface area contributed by atoms with Gasteiger partial charge in [0.25, 0.3) is 0 Å². The number of fused-ring (bicyclic) bond motifs is 1. The molecule has 0 aliphatic heterocycles. The highest BCUT2D eigenvalue weighted by Gasteiger charge is 2.09. The summed E-state index contributed by atoms with van der Waals surface area (Å²) in [5, 5.41) is 0. The molecule has 102 valence electrons. The number of rotatable bonds is 4. The Balaban J connectivity index is 1.76. The van der Waals surface area contributed by atoms with Gasteiger partial charge in [0, 0.05) is 17.1 Å². The van der Waals surface area contributed by atoms with Gasteiger partial charge in [-0.1, -0.05) is 46.3 Å². The number of imidazole rings is 1. The summed E-state index contributed by atoms with van der Waals surface area (Å²) in [5.74, 6) is 0. The lowest BCUT2D eigenvalue weighted by atomic mass is 10.1. The van der Waals surface area contributed by atoms with Gasteiger partial charge in [0.2, 0.25) is 0 Å². The summed E-state index contributed by atoms with van der Waals surface area (Å²) < 4.78 is 3.24. The molecule has 0 amide bonds. The Kier molecular flexibility index (Phi) is 3.85. The van der Waals surface area contributed by atoms with Gasteiger partial charge >= 0.3 is 0 Å². The summed E-state index contributed by atoms with van der Waals surface area (Å²) in [7, 11) is 0. The first-order chi connectivity index (χ1) is 9.74. The summed E-state index contributed by atoms with van der Waals surface area (Å²) in [6.45, 7) is 0.766. The number of aromatic nitrogens is 2. The van der Waals surface area contributed by atoms with Crippen LogP contribution in [-0.4, -0.2) is 15.6 Å². The first-order valence-corrected chi connectivity index (χ1v) is 7.42. The maximum Gasteiger partial charge on any atom is 0.0958 e. The third kappa shape index (κ3) is 2.76. The highest BCUT2D eigenvalue weighted by molar-refractivity contribution is 9.10. The maximum absolute atomic E-state index is 6.29. The molecule has 0 bridgehead atoms. The van der Waals surface area contributed by atoms with Crippen molar-refractivity contribution in [1.29, 1.82) is 0 Å². The standard InChI is InChI=1S/C16H16BrN3/c17-14-6-2-1-5-12(14)9-13(18)10-20-11-19-15-7-3-4-8-16(15)20/h1-8,11,13H,9-10,18H2. The summed E-state index contributed by atoms with van der Waals surface area (Å²) in [6.07, 6.45) is 2.71. The summed E-state index contributed by atoms with van der Waals surface area (Å²) >= 11 is 3.57. The summed E-state index contributed by atoms with van der Waals surface area (Å²) in [4.78, 5) is 4.39. The molecule has 1 atom stereocenters. The van der Waals surface area contributed by atoms with E-state index in [1.807, 2.05) is 36.7 Å². The number of hydrogen-bond acceptors (Lipinski definition) is 2. The van der Waals surface area contributed by atoms with Crippen molar-refractivity contribution >= 4 is 27.0 Å². The van der Waals surface area contributed by atoms with E-state index in [0.717, 1.165) is 28.5 Å². The van der Waals surface area contributed by atoms with Crippen molar-refractivity contribution in [2.45, 2.75) is 19.0 Å². The molecule has 20 heavy (non-hydrogen) atoms. The van der Waals surface area contributed by atoms with E-state index in [-0.39, 0.29) is 6.04 Å². The maximum atomic E-state index is 6.29. The molecule has 0 aliphatic carbocycles. The number of hydrogen-bond donors (Lipinski definition) is 1. The third-order valence-electron chi connectivity index (χ3n) is 3.40. The van der Waals surface area contributed by atoms with E-state index in [1.165, 1.54) is 5.56 Å². The van der Waals surface area contributed by atoms with Crippen molar-refractivity contribution in [2.24, 2.45) is 5.73 Å². The molecule has 2 N–H and O–H groups in total. The Morgan fingerprint density at radius 2 is 1.85 bits per heavy atom. The van der Waals surface area contributed by atoms with Crippen molar-refractivity contribution in [2.75, 3.05) is 0 Å². The van der Waals surface area contributed by atoms with Crippen LogP contribution in [0.5, 0.6) is 0 Å². The highest BCUT2D eigenvalue weighted by atomic mass is 79.9. The zero-order valence-electron chi connectivity index (χ0n) is 11.0. The number of halogens is 1. The normalized spacial score (nSPS) is 12.7. The monoisotopic (exact) mass is 329 g/mol. The number of nitrogens with two attached hydrogens (primary N) is 1. The minimum absolute atomic E-state index is 0.0614. The van der Waals surface area contributed by atoms with Crippen LogP contribution >= 0.6 is 15.9 Å². The molecule has 4 heteroatoms. The van der Waals surface area contributed by atoms with E-state index in [2.05, 4.69) is 43.7 Å². The van der Waals surface area contributed by atoms with Crippen molar-refractivity contribution in [3.8, 4) is 0 Å². The van der Waals surface area contributed by atoms with Gasteiger partial charge in [0.15, 0.2) is 0 Å². The van der Waals surface area contributed by atoms with Crippen LogP contribution < -0.4 is 5.73 Å². The van der Waals surface area contributed by atoms with E-state index < -0.39 is 0 Å². The second-order valence-electron chi connectivity index (χ2n) is 4.94. The quantitative estimate of drug-likeness (QED) is 0.797. The second kappa shape index (κ2) is 5.77. The molecule has 1 aromatic heterocycles. The van der Waals surface area contributed by atoms with Crippen LogP contribution in [0.15, 0.2) is 59.3 Å².